The summed E-state index contributed by atoms with van der Waals surface area (Å²) >= 11 is 0. The fourth-order valence-corrected chi connectivity index (χ4v) is 3.44. The summed E-state index contributed by atoms with van der Waals surface area (Å²) in [5.74, 6) is -2.28. The lowest BCUT2D eigenvalue weighted by molar-refractivity contribution is -0.908. The first-order valence-electron chi connectivity index (χ1n) is 9.65. The van der Waals surface area contributed by atoms with Gasteiger partial charge in [0.1, 0.15) is 13.1 Å². The fourth-order valence-electron chi connectivity index (χ4n) is 3.44. The Morgan fingerprint density at radius 3 is 2.75 bits per heavy atom. The van der Waals surface area contributed by atoms with Gasteiger partial charge in [0.05, 0.1) is 25.4 Å². The number of quaternary nitrogens is 1. The van der Waals surface area contributed by atoms with Gasteiger partial charge in [-0.15, -0.1) is 0 Å². The quantitative estimate of drug-likeness (QED) is 0.404. The predicted octanol–water partition coefficient (Wildman–Crippen LogP) is -0.122. The van der Waals surface area contributed by atoms with Crippen LogP contribution in [0.25, 0.3) is 0 Å². The highest BCUT2D eigenvalue weighted by Crippen LogP contribution is 2.26. The summed E-state index contributed by atoms with van der Waals surface area (Å²) in [4.78, 5) is 44.1. The van der Waals surface area contributed by atoms with E-state index < -0.39 is 23.8 Å². The summed E-state index contributed by atoms with van der Waals surface area (Å²) in [5, 5.41) is 2.27. The van der Waals surface area contributed by atoms with Crippen molar-refractivity contribution in [1.82, 2.24) is 5.32 Å². The van der Waals surface area contributed by atoms with Gasteiger partial charge in [0.15, 0.2) is 5.92 Å². The summed E-state index contributed by atoms with van der Waals surface area (Å²) in [6.45, 7) is 8.86. The van der Waals surface area contributed by atoms with Crippen LogP contribution in [0.2, 0.25) is 0 Å². The number of aryl methyl sites for hydroxylation is 1. The van der Waals surface area contributed by atoms with Gasteiger partial charge in [-0.3, -0.25) is 19.9 Å². The highest BCUT2D eigenvalue weighted by atomic mass is 16.5. The molecule has 2 heterocycles. The number of barbiturate groups is 1. The monoisotopic (exact) mass is 387 g/mol. The molecule has 8 heteroatoms. The molecule has 0 saturated carbocycles. The second-order valence-electron chi connectivity index (χ2n) is 7.19. The number of hydrogen-bond donors (Lipinski definition) is 2. The highest BCUT2D eigenvalue weighted by molar-refractivity contribution is 6.32. The van der Waals surface area contributed by atoms with Gasteiger partial charge in [0.25, 0.3) is 5.91 Å². The molecule has 0 aliphatic carbocycles. The minimum absolute atomic E-state index is 0.490. The molecule has 8 nitrogen and oxygen atoms in total. The Balaban J connectivity index is 1.63. The number of nitrogens with zero attached hydrogens (tertiary/aromatic N) is 2. The lowest BCUT2D eigenvalue weighted by atomic mass is 10.0. The zero-order valence-corrected chi connectivity index (χ0v) is 16.4. The van der Waals surface area contributed by atoms with Crippen LogP contribution in [0, 0.1) is 19.8 Å². The van der Waals surface area contributed by atoms with Crippen molar-refractivity contribution in [1.29, 1.82) is 0 Å². The number of nitrogens with one attached hydrogen (secondary N) is 2. The van der Waals surface area contributed by atoms with E-state index in [9.17, 15) is 14.4 Å². The van der Waals surface area contributed by atoms with Crippen molar-refractivity contribution >= 4 is 29.7 Å². The largest absolute Gasteiger partial charge is 0.370 e. The molecule has 1 atom stereocenters. The lowest BCUT2D eigenvalue weighted by Gasteiger charge is -2.29. The maximum atomic E-state index is 12.9. The van der Waals surface area contributed by atoms with E-state index in [1.54, 1.807) is 12.1 Å². The van der Waals surface area contributed by atoms with Crippen molar-refractivity contribution in [3.8, 4) is 0 Å². The Kier molecular flexibility index (Phi) is 6.53. The van der Waals surface area contributed by atoms with Gasteiger partial charge in [-0.2, -0.15) is 0 Å². The molecule has 1 aromatic carbocycles. The molecule has 28 heavy (non-hydrogen) atoms. The molecule has 150 valence electrons. The fraction of sp³-hybridized carbons (Fsp3) is 0.500. The SMILES string of the molecule is Cc1cccc(N2C(=O)NC(=O)[C@@H](C=NCCC[NH+]3CCOCC3)C2=O)c1C. The summed E-state index contributed by atoms with van der Waals surface area (Å²) in [6, 6.07) is 4.68. The third-order valence-corrected chi connectivity index (χ3v) is 5.29. The van der Waals surface area contributed by atoms with E-state index in [4.69, 9.17) is 4.74 Å². The zero-order valence-electron chi connectivity index (χ0n) is 16.4. The molecule has 0 radical (unpaired) electrons. The van der Waals surface area contributed by atoms with E-state index in [2.05, 4.69) is 10.3 Å². The molecule has 4 amide bonds. The standard InChI is InChI=1S/C20H26N4O4/c1-14-5-3-6-17(15(14)2)24-19(26)16(18(25)22-20(24)27)13-21-7-4-8-23-9-11-28-12-10-23/h3,5-6,13,16H,4,7-12H2,1-2H3,(H,22,25,27)/p+1/t16-/m1/s1. The number of rotatable bonds is 6. The van der Waals surface area contributed by atoms with Gasteiger partial charge in [-0.25, -0.2) is 9.69 Å². The summed E-state index contributed by atoms with van der Waals surface area (Å²) < 4.78 is 5.34. The average Bonchev–Trinajstić information content (AvgIpc) is 2.67. The summed E-state index contributed by atoms with van der Waals surface area (Å²) in [5.41, 5.74) is 2.28. The lowest BCUT2D eigenvalue weighted by Crippen LogP contribution is -3.14. The van der Waals surface area contributed by atoms with Gasteiger partial charge in [0, 0.05) is 19.2 Å². The van der Waals surface area contributed by atoms with E-state index in [-0.39, 0.29) is 0 Å². The number of carbonyl (C=O) groups excluding carboxylic acids is 3. The first kappa shape index (κ1) is 20.2. The van der Waals surface area contributed by atoms with Crippen molar-refractivity contribution < 1.29 is 24.0 Å². The average molecular weight is 387 g/mol. The van der Waals surface area contributed by atoms with E-state index >= 15 is 0 Å². The number of anilines is 1. The Morgan fingerprint density at radius 1 is 1.25 bits per heavy atom. The van der Waals surface area contributed by atoms with Gasteiger partial charge >= 0.3 is 6.03 Å². The van der Waals surface area contributed by atoms with Crippen LogP contribution in [-0.2, 0) is 14.3 Å². The second kappa shape index (κ2) is 9.07. The Hall–Kier alpha value is -2.58. The maximum Gasteiger partial charge on any atom is 0.335 e. The topological polar surface area (TPSA) is 92.5 Å². The van der Waals surface area contributed by atoms with E-state index in [1.807, 2.05) is 19.9 Å². The minimum Gasteiger partial charge on any atom is -0.370 e. The number of carbonyl (C=O) groups is 3. The molecule has 0 aromatic heterocycles. The molecular weight excluding hydrogens is 360 g/mol. The number of aliphatic imine (C=N–C) groups is 1. The van der Waals surface area contributed by atoms with E-state index in [1.165, 1.54) is 11.1 Å². The first-order valence-corrected chi connectivity index (χ1v) is 9.65. The molecule has 0 spiro atoms. The molecular formula is C20H27N4O4+. The van der Waals surface area contributed by atoms with E-state index in [0.29, 0.717) is 12.2 Å². The first-order chi connectivity index (χ1) is 13.5. The van der Waals surface area contributed by atoms with Crippen LogP contribution < -0.4 is 15.1 Å². The Labute approximate surface area is 164 Å². The van der Waals surface area contributed by atoms with Gasteiger partial charge in [0.2, 0.25) is 5.91 Å². The summed E-state index contributed by atoms with van der Waals surface area (Å²) in [7, 11) is 0. The third kappa shape index (κ3) is 4.45. The predicted molar refractivity (Wildman–Crippen MR) is 105 cm³/mol. The van der Waals surface area contributed by atoms with Crippen molar-refractivity contribution in [3.63, 3.8) is 0 Å². The van der Waals surface area contributed by atoms with Gasteiger partial charge in [-0.05, 0) is 31.0 Å². The van der Waals surface area contributed by atoms with E-state index in [0.717, 1.165) is 55.3 Å². The molecule has 2 aliphatic heterocycles. The molecule has 2 saturated heterocycles. The Bertz CT molecular complexity index is 786. The van der Waals surface area contributed by atoms with Gasteiger partial charge < -0.3 is 9.64 Å². The number of hydrogen-bond acceptors (Lipinski definition) is 5. The van der Waals surface area contributed by atoms with Crippen LogP contribution in [0.1, 0.15) is 17.5 Å². The number of amides is 4. The Morgan fingerprint density at radius 2 is 2.00 bits per heavy atom. The normalized spacial score (nSPS) is 21.4. The van der Waals surface area contributed by atoms with Crippen molar-refractivity contribution in [2.24, 2.45) is 10.9 Å². The highest BCUT2D eigenvalue weighted by Gasteiger charge is 2.40. The maximum absolute atomic E-state index is 12.9. The third-order valence-electron chi connectivity index (χ3n) is 5.29. The van der Waals surface area contributed by atoms with Crippen LogP contribution in [-0.4, -0.2) is 63.5 Å². The van der Waals surface area contributed by atoms with Crippen molar-refractivity contribution in [2.75, 3.05) is 44.3 Å². The minimum atomic E-state index is -1.09. The molecule has 2 fully saturated rings. The number of morpholine rings is 1. The summed E-state index contributed by atoms with van der Waals surface area (Å²) in [6.07, 6.45) is 2.24. The van der Waals surface area contributed by atoms with Crippen LogP contribution in [0.3, 0.4) is 0 Å². The number of benzene rings is 1. The van der Waals surface area contributed by atoms with Crippen molar-refractivity contribution in [2.45, 2.75) is 20.3 Å². The second-order valence-corrected chi connectivity index (χ2v) is 7.19. The van der Waals surface area contributed by atoms with Crippen LogP contribution in [0.15, 0.2) is 23.2 Å². The molecule has 0 unspecified atom stereocenters. The van der Waals surface area contributed by atoms with Gasteiger partial charge in [-0.1, -0.05) is 12.1 Å². The smallest absolute Gasteiger partial charge is 0.335 e. The molecule has 2 aliphatic rings. The van der Waals surface area contributed by atoms with Crippen LogP contribution in [0.5, 0.6) is 0 Å². The zero-order chi connectivity index (χ0) is 20.1. The number of imide groups is 2. The van der Waals surface area contributed by atoms with Crippen LogP contribution >= 0.6 is 0 Å². The molecule has 0 bridgehead atoms. The number of ether oxygens (including phenoxy) is 1. The molecule has 1 aromatic rings. The van der Waals surface area contributed by atoms with Crippen LogP contribution in [0.4, 0.5) is 10.5 Å². The number of urea groups is 1. The molecule has 2 N–H and O–H groups in total. The molecule has 3 rings (SSSR count). The van der Waals surface area contributed by atoms with Crippen molar-refractivity contribution in [3.05, 3.63) is 29.3 Å².